The van der Waals surface area contributed by atoms with Crippen molar-refractivity contribution in [3.05, 3.63) is 104 Å². The molecule has 0 aliphatic heterocycles. The van der Waals surface area contributed by atoms with Crippen molar-refractivity contribution < 1.29 is 14.2 Å². The molecule has 0 amide bonds. The van der Waals surface area contributed by atoms with E-state index in [2.05, 4.69) is 45.2 Å². The number of halogens is 2. The summed E-state index contributed by atoms with van der Waals surface area (Å²) in [5, 5.41) is 0. The lowest BCUT2D eigenvalue weighted by Gasteiger charge is -2.10. The average Bonchev–Trinajstić information content (AvgIpc) is 2.73. The Bertz CT molecular complexity index is 1080. The highest BCUT2D eigenvalue weighted by molar-refractivity contribution is 14.1. The maximum atomic E-state index is 5.96. The van der Waals surface area contributed by atoms with Crippen LogP contribution in [0.4, 0.5) is 0 Å². The van der Waals surface area contributed by atoms with Crippen molar-refractivity contribution in [1.29, 1.82) is 0 Å². The van der Waals surface area contributed by atoms with Crippen LogP contribution in [0.5, 0.6) is 34.5 Å². The fraction of sp³-hybridized carbons (Fsp3) is 0. The Labute approximate surface area is 196 Å². The predicted octanol–water partition coefficient (Wildman–Crippen LogP) is 8.27. The summed E-state index contributed by atoms with van der Waals surface area (Å²) in [5.41, 5.74) is 0. The molecule has 0 bridgehead atoms. The van der Waals surface area contributed by atoms with Gasteiger partial charge in [0.1, 0.15) is 34.5 Å². The van der Waals surface area contributed by atoms with E-state index in [0.29, 0.717) is 5.75 Å². The van der Waals surface area contributed by atoms with Gasteiger partial charge in [0, 0.05) is 13.2 Å². The van der Waals surface area contributed by atoms with Gasteiger partial charge in [0.2, 0.25) is 0 Å². The molecule has 0 saturated carbocycles. The maximum Gasteiger partial charge on any atom is 0.131 e. The summed E-state index contributed by atoms with van der Waals surface area (Å²) in [6, 6.07) is 31.0. The molecule has 4 aromatic carbocycles. The van der Waals surface area contributed by atoms with Crippen molar-refractivity contribution in [3.63, 3.8) is 0 Å². The molecule has 0 heterocycles. The second-order valence-electron chi connectivity index (χ2n) is 6.16. The molecule has 29 heavy (non-hydrogen) atoms. The monoisotopic (exact) mass is 606 g/mol. The summed E-state index contributed by atoms with van der Waals surface area (Å²) in [7, 11) is 0. The van der Waals surface area contributed by atoms with Crippen molar-refractivity contribution in [3.8, 4) is 34.5 Å². The first kappa shape index (κ1) is 20.0. The van der Waals surface area contributed by atoms with E-state index in [1.165, 1.54) is 7.14 Å². The van der Waals surface area contributed by atoms with Gasteiger partial charge in [0.25, 0.3) is 0 Å². The Kier molecular flexibility index (Phi) is 6.56. The van der Waals surface area contributed by atoms with E-state index in [-0.39, 0.29) is 0 Å². The molecule has 0 radical (unpaired) electrons. The van der Waals surface area contributed by atoms with Crippen LogP contribution in [0.1, 0.15) is 0 Å². The Morgan fingerprint density at radius 2 is 0.690 bits per heavy atom. The number of hydrogen-bond donors (Lipinski definition) is 0. The topological polar surface area (TPSA) is 27.7 Å². The van der Waals surface area contributed by atoms with Crippen LogP contribution >= 0.6 is 45.2 Å². The molecule has 0 fully saturated rings. The number of hydrogen-bond acceptors (Lipinski definition) is 3. The Morgan fingerprint density at radius 1 is 0.379 bits per heavy atom. The van der Waals surface area contributed by atoms with Crippen LogP contribution in [0, 0.1) is 7.14 Å². The van der Waals surface area contributed by atoms with E-state index in [9.17, 15) is 0 Å². The third-order valence-corrected chi connectivity index (χ3v) is 5.40. The molecule has 0 N–H and O–H groups in total. The number of rotatable bonds is 6. The first-order valence-electron chi connectivity index (χ1n) is 8.89. The highest BCUT2D eigenvalue weighted by atomic mass is 127. The van der Waals surface area contributed by atoms with Crippen molar-refractivity contribution in [2.45, 2.75) is 0 Å². The second-order valence-corrected chi connectivity index (χ2v) is 8.65. The summed E-state index contributed by atoms with van der Waals surface area (Å²) in [4.78, 5) is 0. The minimum absolute atomic E-state index is 0.708. The summed E-state index contributed by atoms with van der Waals surface area (Å²) in [5.74, 6) is 4.52. The van der Waals surface area contributed by atoms with Gasteiger partial charge in [0.05, 0.1) is 0 Å². The Morgan fingerprint density at radius 3 is 1.07 bits per heavy atom. The van der Waals surface area contributed by atoms with Gasteiger partial charge in [-0.05, 0) is 130 Å². The van der Waals surface area contributed by atoms with Crippen LogP contribution in [0.25, 0.3) is 0 Å². The summed E-state index contributed by atoms with van der Waals surface area (Å²) >= 11 is 4.54. The highest BCUT2D eigenvalue weighted by Crippen LogP contribution is 2.30. The quantitative estimate of drug-likeness (QED) is 0.207. The van der Waals surface area contributed by atoms with E-state index in [0.717, 1.165) is 28.7 Å². The smallest absolute Gasteiger partial charge is 0.131 e. The van der Waals surface area contributed by atoms with Crippen LogP contribution in [0.2, 0.25) is 0 Å². The van der Waals surface area contributed by atoms with Gasteiger partial charge in [-0.3, -0.25) is 0 Å². The van der Waals surface area contributed by atoms with Gasteiger partial charge in [-0.1, -0.05) is 6.07 Å². The van der Waals surface area contributed by atoms with Gasteiger partial charge in [-0.2, -0.15) is 0 Å². The Balaban J connectivity index is 1.41. The minimum atomic E-state index is 0.708. The molecule has 0 aromatic heterocycles. The lowest BCUT2D eigenvalue weighted by Crippen LogP contribution is -1.88. The molecule has 0 saturated heterocycles. The van der Waals surface area contributed by atoms with Crippen molar-refractivity contribution in [2.24, 2.45) is 0 Å². The molecule has 0 unspecified atom stereocenters. The molecule has 4 aromatic rings. The summed E-state index contributed by atoms with van der Waals surface area (Å²) in [6.45, 7) is 0. The largest absolute Gasteiger partial charge is 0.457 e. The number of ether oxygens (including phenoxy) is 3. The zero-order chi connectivity index (χ0) is 20.1. The first-order valence-corrected chi connectivity index (χ1v) is 11.0. The van der Waals surface area contributed by atoms with Crippen LogP contribution in [-0.4, -0.2) is 0 Å². The fourth-order valence-electron chi connectivity index (χ4n) is 2.59. The van der Waals surface area contributed by atoms with Gasteiger partial charge in [0.15, 0.2) is 0 Å². The Hall–Kier alpha value is -2.26. The molecule has 0 aliphatic rings. The lowest BCUT2D eigenvalue weighted by atomic mass is 10.3. The van der Waals surface area contributed by atoms with Crippen molar-refractivity contribution in [1.82, 2.24) is 0 Å². The van der Waals surface area contributed by atoms with E-state index < -0.39 is 0 Å². The summed E-state index contributed by atoms with van der Waals surface area (Å²) < 4.78 is 20.1. The fourth-order valence-corrected chi connectivity index (χ4v) is 3.31. The zero-order valence-corrected chi connectivity index (χ0v) is 19.5. The van der Waals surface area contributed by atoms with Crippen LogP contribution < -0.4 is 14.2 Å². The molecule has 0 atom stereocenters. The van der Waals surface area contributed by atoms with E-state index >= 15 is 0 Å². The standard InChI is InChI=1S/C24H16I2O3/c25-17-4-8-19(9-5-17)27-21-12-14-22(15-13-21)29-24-3-1-2-23(16-24)28-20-10-6-18(26)7-11-20/h1-16H. The predicted molar refractivity (Wildman–Crippen MR) is 131 cm³/mol. The highest BCUT2D eigenvalue weighted by Gasteiger charge is 2.03. The molecular formula is C24H16I2O3. The van der Waals surface area contributed by atoms with E-state index in [4.69, 9.17) is 14.2 Å². The van der Waals surface area contributed by atoms with Gasteiger partial charge in [-0.25, -0.2) is 0 Å². The molecular weight excluding hydrogens is 590 g/mol. The minimum Gasteiger partial charge on any atom is -0.457 e. The molecule has 4 rings (SSSR count). The molecule has 3 nitrogen and oxygen atoms in total. The number of benzene rings is 4. The van der Waals surface area contributed by atoms with Crippen LogP contribution in [0.3, 0.4) is 0 Å². The lowest BCUT2D eigenvalue weighted by molar-refractivity contribution is 0.456. The van der Waals surface area contributed by atoms with E-state index in [1.807, 2.05) is 97.1 Å². The van der Waals surface area contributed by atoms with Crippen LogP contribution in [-0.2, 0) is 0 Å². The zero-order valence-electron chi connectivity index (χ0n) is 15.2. The molecule has 144 valence electrons. The van der Waals surface area contributed by atoms with Crippen molar-refractivity contribution in [2.75, 3.05) is 0 Å². The van der Waals surface area contributed by atoms with Gasteiger partial charge < -0.3 is 14.2 Å². The average molecular weight is 606 g/mol. The third-order valence-electron chi connectivity index (χ3n) is 3.96. The van der Waals surface area contributed by atoms with Crippen molar-refractivity contribution >= 4 is 45.2 Å². The van der Waals surface area contributed by atoms with E-state index in [1.54, 1.807) is 0 Å². The van der Waals surface area contributed by atoms with Crippen LogP contribution in [0.15, 0.2) is 97.1 Å². The SMILES string of the molecule is Ic1ccc(Oc2ccc(Oc3cccc(Oc4ccc(I)cc4)c3)cc2)cc1. The molecule has 0 aliphatic carbocycles. The first-order chi connectivity index (χ1) is 14.1. The summed E-state index contributed by atoms with van der Waals surface area (Å²) in [6.07, 6.45) is 0. The third kappa shape index (κ3) is 5.86. The maximum absolute atomic E-state index is 5.96. The molecule has 0 spiro atoms. The second kappa shape index (κ2) is 9.49. The van der Waals surface area contributed by atoms with Gasteiger partial charge >= 0.3 is 0 Å². The normalized spacial score (nSPS) is 10.4. The molecule has 5 heteroatoms. The van der Waals surface area contributed by atoms with Gasteiger partial charge in [-0.15, -0.1) is 0 Å².